The van der Waals surface area contributed by atoms with Gasteiger partial charge in [0.2, 0.25) is 5.78 Å². The van der Waals surface area contributed by atoms with Gasteiger partial charge in [-0.25, -0.2) is 4.39 Å². The number of nitrogens with zero attached hydrogens (tertiary/aromatic N) is 2. The second kappa shape index (κ2) is 6.35. The summed E-state index contributed by atoms with van der Waals surface area (Å²) < 4.78 is 20.1. The monoisotopic (exact) mass is 316 g/mol. The third kappa shape index (κ3) is 3.00. The molecular weight excluding hydrogens is 306 g/mol. The number of carbonyl (C=O) groups is 1. The topological polar surface area (TPSA) is 44.1 Å². The van der Waals surface area contributed by atoms with E-state index in [1.165, 1.54) is 30.1 Å². The van der Waals surface area contributed by atoms with Gasteiger partial charge in [0, 0.05) is 12.1 Å². The predicted molar refractivity (Wildman–Crippen MR) is 74.0 cm³/mol. The van der Waals surface area contributed by atoms with Crippen molar-refractivity contribution in [3.05, 3.63) is 51.5 Å². The quantitative estimate of drug-likeness (QED) is 0.796. The summed E-state index contributed by atoms with van der Waals surface area (Å²) in [5.74, 6) is -1.24. The van der Waals surface area contributed by atoms with Crippen molar-refractivity contribution in [3.63, 3.8) is 0 Å². The highest BCUT2D eigenvalue weighted by molar-refractivity contribution is 6.34. The zero-order valence-electron chi connectivity index (χ0n) is 10.6. The molecule has 0 aliphatic heterocycles. The van der Waals surface area contributed by atoms with Gasteiger partial charge in [0.1, 0.15) is 11.5 Å². The van der Waals surface area contributed by atoms with E-state index in [2.05, 4.69) is 5.10 Å². The van der Waals surface area contributed by atoms with Gasteiger partial charge in [-0.2, -0.15) is 5.10 Å². The summed E-state index contributed by atoms with van der Waals surface area (Å²) in [6.07, 6.45) is 1.35. The molecule has 4 nitrogen and oxygen atoms in total. The predicted octanol–water partition coefficient (Wildman–Crippen LogP) is 3.21. The first-order chi connectivity index (χ1) is 9.54. The lowest BCUT2D eigenvalue weighted by Gasteiger charge is -2.07. The summed E-state index contributed by atoms with van der Waals surface area (Å²) in [6, 6.07) is 3.85. The Morgan fingerprint density at radius 1 is 1.45 bits per heavy atom. The summed E-state index contributed by atoms with van der Waals surface area (Å²) >= 11 is 11.6. The Kier molecular flexibility index (Phi) is 4.75. The van der Waals surface area contributed by atoms with Crippen molar-refractivity contribution >= 4 is 29.0 Å². The molecule has 1 aromatic carbocycles. The number of hydrogen-bond acceptors (Lipinski definition) is 3. The van der Waals surface area contributed by atoms with Crippen LogP contribution in [0.25, 0.3) is 0 Å². The van der Waals surface area contributed by atoms with Crippen LogP contribution in [0.15, 0.2) is 24.4 Å². The molecule has 0 aliphatic rings. The highest BCUT2D eigenvalue weighted by Crippen LogP contribution is 2.22. The van der Waals surface area contributed by atoms with Crippen molar-refractivity contribution in [2.45, 2.75) is 6.54 Å². The molecule has 0 bridgehead atoms. The maximum atomic E-state index is 13.8. The first-order valence-corrected chi connectivity index (χ1v) is 6.50. The Balaban J connectivity index is 2.40. The summed E-state index contributed by atoms with van der Waals surface area (Å²) in [5, 5.41) is 4.37. The molecule has 0 saturated heterocycles. The molecule has 106 valence electrons. The average molecular weight is 317 g/mol. The molecule has 0 atom stereocenters. The van der Waals surface area contributed by atoms with Crippen LogP contribution in [0.1, 0.15) is 16.1 Å². The van der Waals surface area contributed by atoms with Crippen molar-refractivity contribution in [2.24, 2.45) is 0 Å². The fraction of sp³-hybridized carbons (Fsp3) is 0.231. The van der Waals surface area contributed by atoms with Crippen LogP contribution in [0, 0.1) is 5.82 Å². The zero-order valence-corrected chi connectivity index (χ0v) is 12.1. The maximum Gasteiger partial charge on any atom is 0.215 e. The minimum atomic E-state index is -0.696. The van der Waals surface area contributed by atoms with Crippen molar-refractivity contribution in [2.75, 3.05) is 13.7 Å². The summed E-state index contributed by atoms with van der Waals surface area (Å²) in [6.45, 7) is 0.709. The zero-order chi connectivity index (χ0) is 14.7. The molecule has 7 heteroatoms. The van der Waals surface area contributed by atoms with Crippen LogP contribution < -0.4 is 0 Å². The van der Waals surface area contributed by atoms with Crippen LogP contribution in [0.2, 0.25) is 10.0 Å². The molecule has 2 rings (SSSR count). The van der Waals surface area contributed by atoms with E-state index in [1.807, 2.05) is 0 Å². The fourth-order valence-corrected chi connectivity index (χ4v) is 2.12. The number of halogens is 3. The fourth-order valence-electron chi connectivity index (χ4n) is 1.74. The number of carbonyl (C=O) groups excluding carboxylic acids is 1. The number of ether oxygens (including phenoxy) is 1. The first-order valence-electron chi connectivity index (χ1n) is 5.74. The van der Waals surface area contributed by atoms with Crippen LogP contribution in [-0.4, -0.2) is 29.3 Å². The van der Waals surface area contributed by atoms with Crippen molar-refractivity contribution in [1.29, 1.82) is 0 Å². The molecule has 0 fully saturated rings. The van der Waals surface area contributed by atoms with Gasteiger partial charge in [0.05, 0.1) is 29.9 Å². The van der Waals surface area contributed by atoms with Gasteiger partial charge in [-0.05, 0) is 18.2 Å². The standard InChI is InChI=1S/C13H11Cl2FN2O2/c1-20-5-4-18-12(10(15)7-17-18)13(19)9-3-2-8(14)6-11(9)16/h2-3,6-7H,4-5H2,1H3. The molecular formula is C13H11Cl2FN2O2. The summed E-state index contributed by atoms with van der Waals surface area (Å²) in [5.41, 5.74) is 0.0282. The van der Waals surface area contributed by atoms with E-state index in [4.69, 9.17) is 27.9 Å². The summed E-state index contributed by atoms with van der Waals surface area (Å²) in [7, 11) is 1.53. The van der Waals surface area contributed by atoms with E-state index in [-0.39, 0.29) is 21.3 Å². The lowest BCUT2D eigenvalue weighted by molar-refractivity contribution is 0.102. The Hall–Kier alpha value is -1.43. The minimum absolute atomic E-state index is 0.101. The molecule has 0 amide bonds. The van der Waals surface area contributed by atoms with Gasteiger partial charge < -0.3 is 4.74 Å². The third-order valence-corrected chi connectivity index (χ3v) is 3.20. The molecule has 1 heterocycles. The van der Waals surface area contributed by atoms with E-state index in [9.17, 15) is 9.18 Å². The van der Waals surface area contributed by atoms with E-state index in [1.54, 1.807) is 0 Å². The molecule has 2 aromatic rings. The molecule has 20 heavy (non-hydrogen) atoms. The van der Waals surface area contributed by atoms with E-state index in [0.29, 0.717) is 13.2 Å². The molecule has 0 N–H and O–H groups in total. The highest BCUT2D eigenvalue weighted by atomic mass is 35.5. The van der Waals surface area contributed by atoms with Crippen LogP contribution in [0.5, 0.6) is 0 Å². The number of aromatic nitrogens is 2. The third-order valence-electron chi connectivity index (χ3n) is 2.69. The number of hydrogen-bond donors (Lipinski definition) is 0. The average Bonchev–Trinajstić information content (AvgIpc) is 2.77. The van der Waals surface area contributed by atoms with Crippen LogP contribution in [0.4, 0.5) is 4.39 Å². The molecule has 0 aliphatic carbocycles. The van der Waals surface area contributed by atoms with Crippen molar-refractivity contribution < 1.29 is 13.9 Å². The Labute approximate surface area is 125 Å². The number of ketones is 1. The highest BCUT2D eigenvalue weighted by Gasteiger charge is 2.22. The van der Waals surface area contributed by atoms with Crippen LogP contribution >= 0.6 is 23.2 Å². The number of methoxy groups -OCH3 is 1. The molecule has 0 unspecified atom stereocenters. The van der Waals surface area contributed by atoms with Crippen molar-refractivity contribution in [1.82, 2.24) is 9.78 Å². The second-order valence-corrected chi connectivity index (χ2v) is 4.85. The van der Waals surface area contributed by atoms with Gasteiger partial charge in [-0.3, -0.25) is 9.48 Å². The molecule has 0 spiro atoms. The smallest absolute Gasteiger partial charge is 0.215 e. The van der Waals surface area contributed by atoms with E-state index in [0.717, 1.165) is 6.07 Å². The number of rotatable bonds is 5. The number of benzene rings is 1. The van der Waals surface area contributed by atoms with Gasteiger partial charge in [0.25, 0.3) is 0 Å². The van der Waals surface area contributed by atoms with Crippen LogP contribution in [-0.2, 0) is 11.3 Å². The second-order valence-electron chi connectivity index (χ2n) is 4.01. The lowest BCUT2D eigenvalue weighted by atomic mass is 10.1. The molecule has 1 aromatic heterocycles. The van der Waals surface area contributed by atoms with Crippen molar-refractivity contribution in [3.8, 4) is 0 Å². The first kappa shape index (κ1) is 15.0. The Morgan fingerprint density at radius 3 is 2.85 bits per heavy atom. The summed E-state index contributed by atoms with van der Waals surface area (Å²) in [4.78, 5) is 12.4. The normalized spacial score (nSPS) is 10.8. The van der Waals surface area contributed by atoms with Gasteiger partial charge in [-0.1, -0.05) is 23.2 Å². The molecule has 0 radical (unpaired) electrons. The van der Waals surface area contributed by atoms with Gasteiger partial charge >= 0.3 is 0 Å². The molecule has 0 saturated carbocycles. The van der Waals surface area contributed by atoms with E-state index >= 15 is 0 Å². The largest absolute Gasteiger partial charge is 0.383 e. The van der Waals surface area contributed by atoms with Gasteiger partial charge in [0.15, 0.2) is 0 Å². The van der Waals surface area contributed by atoms with Crippen LogP contribution in [0.3, 0.4) is 0 Å². The Bertz CT molecular complexity index is 643. The van der Waals surface area contributed by atoms with E-state index < -0.39 is 11.6 Å². The minimum Gasteiger partial charge on any atom is -0.383 e. The lowest BCUT2D eigenvalue weighted by Crippen LogP contribution is -2.15. The Morgan fingerprint density at radius 2 is 2.20 bits per heavy atom. The SMILES string of the molecule is COCCn1ncc(Cl)c1C(=O)c1ccc(Cl)cc1F. The van der Waals surface area contributed by atoms with Gasteiger partial charge in [-0.15, -0.1) is 0 Å². The maximum absolute atomic E-state index is 13.8.